The van der Waals surface area contributed by atoms with Crippen LogP contribution in [0.25, 0.3) is 0 Å². The van der Waals surface area contributed by atoms with Crippen molar-refractivity contribution >= 4 is 0 Å². The zero-order valence-corrected chi connectivity index (χ0v) is 6.35. The first-order chi connectivity index (χ1) is 4.12. The van der Waals surface area contributed by atoms with E-state index >= 15 is 0 Å². The summed E-state index contributed by atoms with van der Waals surface area (Å²) >= 11 is 0. The third-order valence-electron chi connectivity index (χ3n) is 1.16. The summed E-state index contributed by atoms with van der Waals surface area (Å²) in [6.07, 6.45) is 4.88. The Hall–Kier alpha value is -0.340. The molecule has 0 atom stereocenters. The van der Waals surface area contributed by atoms with Crippen LogP contribution in [-0.4, -0.2) is 5.60 Å². The maximum absolute atomic E-state index is 5.01. The third-order valence-corrected chi connectivity index (χ3v) is 1.16. The first-order valence-corrected chi connectivity index (χ1v) is 3.11. The van der Waals surface area contributed by atoms with Gasteiger partial charge in [-0.05, 0) is 27.2 Å². The maximum Gasteiger partial charge on any atom is 0.0872 e. The Kier molecular flexibility index (Phi) is 3.50. The molecule has 0 aromatic rings. The summed E-state index contributed by atoms with van der Waals surface area (Å²) < 4.78 is 0. The summed E-state index contributed by atoms with van der Waals surface area (Å²) in [6.45, 7) is 5.88. The van der Waals surface area contributed by atoms with Gasteiger partial charge in [-0.15, -0.1) is 0 Å². The Labute approximate surface area is 56.6 Å². The quantitative estimate of drug-likeness (QED) is 0.464. The topological polar surface area (TPSA) is 35.2 Å². The largest absolute Gasteiger partial charge is 0.298 e. The van der Waals surface area contributed by atoms with E-state index in [4.69, 9.17) is 5.90 Å². The van der Waals surface area contributed by atoms with Gasteiger partial charge in [-0.1, -0.05) is 12.2 Å². The molecule has 0 aromatic heterocycles. The molecular formula is C7H15NO. The van der Waals surface area contributed by atoms with Crippen molar-refractivity contribution in [2.45, 2.75) is 32.8 Å². The molecule has 0 fully saturated rings. The van der Waals surface area contributed by atoms with E-state index in [0.29, 0.717) is 0 Å². The Morgan fingerprint density at radius 2 is 2.11 bits per heavy atom. The van der Waals surface area contributed by atoms with Crippen LogP contribution in [0.1, 0.15) is 27.2 Å². The lowest BCUT2D eigenvalue weighted by molar-refractivity contribution is -0.0167. The van der Waals surface area contributed by atoms with Gasteiger partial charge in [0.15, 0.2) is 0 Å². The molecule has 0 spiro atoms. The lowest BCUT2D eigenvalue weighted by Crippen LogP contribution is -2.26. The predicted molar refractivity (Wildman–Crippen MR) is 38.8 cm³/mol. The van der Waals surface area contributed by atoms with Crippen LogP contribution < -0.4 is 5.90 Å². The SMILES string of the molecule is C/C=C\CC(C)(C)ON. The molecule has 0 saturated heterocycles. The predicted octanol–water partition coefficient (Wildman–Crippen LogP) is 1.62. The van der Waals surface area contributed by atoms with Crippen molar-refractivity contribution < 1.29 is 4.84 Å². The van der Waals surface area contributed by atoms with E-state index in [0.717, 1.165) is 6.42 Å². The molecule has 0 amide bonds. The molecule has 0 saturated carbocycles. The molecule has 0 heterocycles. The van der Waals surface area contributed by atoms with Crippen molar-refractivity contribution in [3.05, 3.63) is 12.2 Å². The van der Waals surface area contributed by atoms with Crippen LogP contribution in [0.15, 0.2) is 12.2 Å². The van der Waals surface area contributed by atoms with Gasteiger partial charge in [-0.25, -0.2) is 5.90 Å². The van der Waals surface area contributed by atoms with Crippen molar-refractivity contribution in [1.29, 1.82) is 0 Å². The number of nitrogens with two attached hydrogens (primary N) is 1. The second-order valence-corrected chi connectivity index (χ2v) is 2.65. The van der Waals surface area contributed by atoms with Crippen LogP contribution in [0.3, 0.4) is 0 Å². The summed E-state index contributed by atoms with van der Waals surface area (Å²) in [5.41, 5.74) is -0.216. The minimum absolute atomic E-state index is 0.216. The van der Waals surface area contributed by atoms with E-state index < -0.39 is 0 Å². The smallest absolute Gasteiger partial charge is 0.0872 e. The zero-order valence-electron chi connectivity index (χ0n) is 6.35. The van der Waals surface area contributed by atoms with Crippen molar-refractivity contribution in [2.24, 2.45) is 5.90 Å². The van der Waals surface area contributed by atoms with Gasteiger partial charge in [0.25, 0.3) is 0 Å². The Bertz CT molecular complexity index is 97.1. The van der Waals surface area contributed by atoms with Gasteiger partial charge in [0.1, 0.15) is 0 Å². The van der Waals surface area contributed by atoms with Crippen LogP contribution in [0.2, 0.25) is 0 Å². The van der Waals surface area contributed by atoms with Crippen LogP contribution in [0.4, 0.5) is 0 Å². The lowest BCUT2D eigenvalue weighted by Gasteiger charge is -2.18. The molecule has 0 unspecified atom stereocenters. The molecule has 54 valence electrons. The van der Waals surface area contributed by atoms with Crippen LogP contribution in [0.5, 0.6) is 0 Å². The zero-order chi connectivity index (χ0) is 7.33. The van der Waals surface area contributed by atoms with Crippen LogP contribution in [0, 0.1) is 0 Å². The Balaban J connectivity index is 3.58. The van der Waals surface area contributed by atoms with Gasteiger partial charge in [0.05, 0.1) is 5.60 Å². The number of hydrogen-bond donors (Lipinski definition) is 1. The number of allylic oxidation sites excluding steroid dienone is 1. The molecule has 2 N–H and O–H groups in total. The van der Waals surface area contributed by atoms with Crippen molar-refractivity contribution in [1.82, 2.24) is 0 Å². The molecule has 0 bridgehead atoms. The van der Waals surface area contributed by atoms with E-state index in [2.05, 4.69) is 4.84 Å². The molecular weight excluding hydrogens is 114 g/mol. The fourth-order valence-corrected chi connectivity index (χ4v) is 0.450. The monoisotopic (exact) mass is 129 g/mol. The Morgan fingerprint density at radius 3 is 2.44 bits per heavy atom. The van der Waals surface area contributed by atoms with Gasteiger partial charge < -0.3 is 0 Å². The maximum atomic E-state index is 5.01. The van der Waals surface area contributed by atoms with Gasteiger partial charge in [-0.3, -0.25) is 4.84 Å². The highest BCUT2D eigenvalue weighted by Gasteiger charge is 2.13. The van der Waals surface area contributed by atoms with Crippen molar-refractivity contribution in [3.8, 4) is 0 Å². The first-order valence-electron chi connectivity index (χ1n) is 3.11. The van der Waals surface area contributed by atoms with Crippen LogP contribution >= 0.6 is 0 Å². The van der Waals surface area contributed by atoms with Gasteiger partial charge in [0.2, 0.25) is 0 Å². The van der Waals surface area contributed by atoms with E-state index in [-0.39, 0.29) is 5.60 Å². The lowest BCUT2D eigenvalue weighted by atomic mass is 10.1. The standard InChI is InChI=1S/C7H15NO/c1-4-5-6-7(2,3)9-8/h4-5H,6,8H2,1-3H3/b5-4-. The fraction of sp³-hybridized carbons (Fsp3) is 0.714. The highest BCUT2D eigenvalue weighted by Crippen LogP contribution is 2.11. The molecule has 0 aliphatic heterocycles. The normalized spacial score (nSPS) is 12.9. The Morgan fingerprint density at radius 1 is 1.56 bits per heavy atom. The second-order valence-electron chi connectivity index (χ2n) is 2.65. The molecule has 0 radical (unpaired) electrons. The first kappa shape index (κ1) is 8.66. The summed E-state index contributed by atoms with van der Waals surface area (Å²) in [7, 11) is 0. The summed E-state index contributed by atoms with van der Waals surface area (Å²) in [4.78, 5) is 4.69. The number of hydrogen-bond acceptors (Lipinski definition) is 2. The fourth-order valence-electron chi connectivity index (χ4n) is 0.450. The number of rotatable bonds is 3. The highest BCUT2D eigenvalue weighted by molar-refractivity contribution is 4.84. The third kappa shape index (κ3) is 4.18. The molecule has 2 heteroatoms. The molecule has 0 aliphatic carbocycles. The van der Waals surface area contributed by atoms with Crippen molar-refractivity contribution in [3.63, 3.8) is 0 Å². The summed E-state index contributed by atoms with van der Waals surface area (Å²) in [5, 5.41) is 0. The second kappa shape index (κ2) is 3.64. The molecule has 2 nitrogen and oxygen atoms in total. The summed E-state index contributed by atoms with van der Waals surface area (Å²) in [5.74, 6) is 5.01. The highest BCUT2D eigenvalue weighted by atomic mass is 16.6. The van der Waals surface area contributed by atoms with E-state index in [9.17, 15) is 0 Å². The van der Waals surface area contributed by atoms with E-state index in [1.54, 1.807) is 0 Å². The minimum atomic E-state index is -0.216. The van der Waals surface area contributed by atoms with Gasteiger partial charge in [-0.2, -0.15) is 0 Å². The van der Waals surface area contributed by atoms with Gasteiger partial charge >= 0.3 is 0 Å². The molecule has 9 heavy (non-hydrogen) atoms. The van der Waals surface area contributed by atoms with Crippen molar-refractivity contribution in [2.75, 3.05) is 0 Å². The molecule has 0 rings (SSSR count). The van der Waals surface area contributed by atoms with E-state index in [1.807, 2.05) is 32.9 Å². The average molecular weight is 129 g/mol. The summed E-state index contributed by atoms with van der Waals surface area (Å²) in [6, 6.07) is 0. The van der Waals surface area contributed by atoms with Crippen LogP contribution in [-0.2, 0) is 4.84 Å². The minimum Gasteiger partial charge on any atom is -0.298 e. The molecule has 0 aromatic carbocycles. The van der Waals surface area contributed by atoms with E-state index in [1.165, 1.54) is 0 Å². The average Bonchev–Trinajstić information content (AvgIpc) is 1.84. The van der Waals surface area contributed by atoms with Gasteiger partial charge in [0, 0.05) is 0 Å². The molecule has 0 aliphatic rings.